The predicted octanol–water partition coefficient (Wildman–Crippen LogP) is 2.31. The first kappa shape index (κ1) is 16.7. The fourth-order valence-corrected chi connectivity index (χ4v) is 3.24. The molecule has 2 atom stereocenters. The molecule has 0 spiro atoms. The second-order valence-electron chi connectivity index (χ2n) is 4.99. The first-order valence-electron chi connectivity index (χ1n) is 6.35. The zero-order chi connectivity index (χ0) is 14.8. The van der Waals surface area contributed by atoms with Gasteiger partial charge in [0.1, 0.15) is 0 Å². The van der Waals surface area contributed by atoms with E-state index in [2.05, 4.69) is 26.3 Å². The Balaban J connectivity index is 3.31. The van der Waals surface area contributed by atoms with Crippen molar-refractivity contribution in [3.63, 3.8) is 0 Å². The highest BCUT2D eigenvalue weighted by atomic mass is 79.9. The van der Waals surface area contributed by atoms with Crippen LogP contribution < -0.4 is 5.32 Å². The highest BCUT2D eigenvalue weighted by Crippen LogP contribution is 2.30. The molecule has 0 aliphatic rings. The van der Waals surface area contributed by atoms with Crippen LogP contribution in [0.5, 0.6) is 0 Å². The minimum Gasteiger partial charge on any atom is -0.308 e. The number of hydrogen-bond donors (Lipinski definition) is 1. The molecule has 1 aromatic heterocycles. The third kappa shape index (κ3) is 3.79. The summed E-state index contributed by atoms with van der Waals surface area (Å²) in [6.45, 7) is 8.44. The molecule has 1 aromatic rings. The molecule has 0 aliphatic carbocycles. The molecule has 1 N–H and O–H groups in total. The van der Waals surface area contributed by atoms with Gasteiger partial charge in [-0.15, -0.1) is 0 Å². The Hall–Kier alpha value is -0.400. The average molecular weight is 352 g/mol. The monoisotopic (exact) mass is 351 g/mol. The molecule has 7 heteroatoms. The summed E-state index contributed by atoms with van der Waals surface area (Å²) < 4.78 is 26.4. The summed E-state index contributed by atoms with van der Waals surface area (Å²) in [5, 5.41) is 7.06. The molecule has 19 heavy (non-hydrogen) atoms. The second-order valence-corrected chi connectivity index (χ2v) is 8.24. The molecule has 110 valence electrons. The molecule has 0 amide bonds. The van der Waals surface area contributed by atoms with E-state index in [4.69, 9.17) is 0 Å². The number of nitrogens with zero attached hydrogens (tertiary/aromatic N) is 2. The molecule has 0 radical (unpaired) electrons. The molecular weight excluding hydrogens is 330 g/mol. The molecule has 0 saturated carbocycles. The van der Waals surface area contributed by atoms with Crippen molar-refractivity contribution in [3.05, 3.63) is 16.4 Å². The molecule has 5 nitrogen and oxygen atoms in total. The Kier molecular flexibility index (Phi) is 5.58. The minimum atomic E-state index is -3.13. The zero-order valence-corrected chi connectivity index (χ0v) is 14.4. The van der Waals surface area contributed by atoms with Gasteiger partial charge in [0.05, 0.1) is 27.7 Å². The molecule has 0 aliphatic heterocycles. The van der Waals surface area contributed by atoms with Crippen molar-refractivity contribution in [1.29, 1.82) is 0 Å². The number of nitrogens with one attached hydrogen (secondary N) is 1. The van der Waals surface area contributed by atoms with Crippen molar-refractivity contribution in [2.75, 3.05) is 12.8 Å². The molecule has 2 unspecified atom stereocenters. The average Bonchev–Trinajstić information content (AvgIpc) is 2.66. The summed E-state index contributed by atoms with van der Waals surface area (Å²) in [5.41, 5.74) is 0.884. The normalized spacial score (nSPS) is 15.7. The number of aromatic nitrogens is 2. The molecule has 1 heterocycles. The number of hydrogen-bond acceptors (Lipinski definition) is 4. The van der Waals surface area contributed by atoms with Crippen molar-refractivity contribution >= 4 is 25.8 Å². The first-order chi connectivity index (χ1) is 8.70. The smallest absolute Gasteiger partial charge is 0.151 e. The summed E-state index contributed by atoms with van der Waals surface area (Å²) in [4.78, 5) is 0. The van der Waals surface area contributed by atoms with Crippen molar-refractivity contribution < 1.29 is 8.42 Å². The van der Waals surface area contributed by atoms with E-state index in [0.717, 1.165) is 10.2 Å². The lowest BCUT2D eigenvalue weighted by molar-refractivity contribution is 0.437. The fraction of sp³-hybridized carbons (Fsp3) is 0.750. The van der Waals surface area contributed by atoms with E-state index in [1.165, 1.54) is 6.26 Å². The second kappa shape index (κ2) is 6.37. The third-order valence-corrected chi connectivity index (χ3v) is 5.37. The summed E-state index contributed by atoms with van der Waals surface area (Å²) in [7, 11) is -3.13. The number of rotatable bonds is 6. The Morgan fingerprint density at radius 3 is 2.42 bits per heavy atom. The Morgan fingerprint density at radius 1 is 1.42 bits per heavy atom. The van der Waals surface area contributed by atoms with E-state index in [0.29, 0.717) is 6.54 Å². The molecule has 0 saturated heterocycles. The quantitative estimate of drug-likeness (QED) is 0.853. The fourth-order valence-electron chi connectivity index (χ4n) is 2.01. The van der Waals surface area contributed by atoms with Gasteiger partial charge in [-0.25, -0.2) is 8.42 Å². The molecule has 0 fully saturated rings. The van der Waals surface area contributed by atoms with E-state index >= 15 is 0 Å². The summed E-state index contributed by atoms with van der Waals surface area (Å²) in [6, 6.07) is -0.103. The lowest BCUT2D eigenvalue weighted by Crippen LogP contribution is -2.37. The Morgan fingerprint density at radius 2 is 2.00 bits per heavy atom. The first-order valence-corrected chi connectivity index (χ1v) is 9.10. The lowest BCUT2D eigenvalue weighted by Gasteiger charge is -2.26. The van der Waals surface area contributed by atoms with Crippen LogP contribution >= 0.6 is 15.9 Å². The Labute approximate surface area is 123 Å². The SMILES string of the molecule is CCNC(c1c(Br)cnn1C(C)C)C(C)S(C)(=O)=O. The van der Waals surface area contributed by atoms with Crippen molar-refractivity contribution in [1.82, 2.24) is 15.1 Å². The highest BCUT2D eigenvalue weighted by Gasteiger charge is 2.31. The largest absolute Gasteiger partial charge is 0.308 e. The van der Waals surface area contributed by atoms with Crippen molar-refractivity contribution in [3.8, 4) is 0 Å². The van der Waals surface area contributed by atoms with Crippen LogP contribution in [0.3, 0.4) is 0 Å². The molecular formula is C12H22BrN3O2S. The predicted molar refractivity (Wildman–Crippen MR) is 81.0 cm³/mol. The van der Waals surface area contributed by atoms with Gasteiger partial charge in [0.15, 0.2) is 9.84 Å². The zero-order valence-electron chi connectivity index (χ0n) is 12.0. The summed E-state index contributed by atoms with van der Waals surface area (Å²) in [6.07, 6.45) is 2.99. The lowest BCUT2D eigenvalue weighted by atomic mass is 10.1. The minimum absolute atomic E-state index is 0.175. The highest BCUT2D eigenvalue weighted by molar-refractivity contribution is 9.10. The van der Waals surface area contributed by atoms with Crippen LogP contribution in [-0.2, 0) is 9.84 Å². The van der Waals surface area contributed by atoms with E-state index in [-0.39, 0.29) is 12.1 Å². The Bertz CT molecular complexity index is 525. The maximum absolute atomic E-state index is 11.9. The van der Waals surface area contributed by atoms with Gasteiger partial charge in [-0.1, -0.05) is 6.92 Å². The summed E-state index contributed by atoms with van der Waals surface area (Å²) in [5.74, 6) is 0. The maximum Gasteiger partial charge on any atom is 0.151 e. The van der Waals surface area contributed by atoms with Crippen molar-refractivity contribution in [2.24, 2.45) is 0 Å². The third-order valence-electron chi connectivity index (χ3n) is 3.14. The van der Waals surface area contributed by atoms with E-state index in [1.807, 2.05) is 25.5 Å². The molecule has 1 rings (SSSR count). The number of sulfone groups is 1. The van der Waals surface area contributed by atoms with Crippen LogP contribution in [0.15, 0.2) is 10.7 Å². The van der Waals surface area contributed by atoms with Crippen LogP contribution in [0.4, 0.5) is 0 Å². The van der Waals surface area contributed by atoms with Gasteiger partial charge < -0.3 is 5.32 Å². The van der Waals surface area contributed by atoms with Gasteiger partial charge in [0.25, 0.3) is 0 Å². The van der Waals surface area contributed by atoms with Crippen molar-refractivity contribution in [2.45, 2.75) is 45.0 Å². The van der Waals surface area contributed by atoms with Gasteiger partial charge in [0.2, 0.25) is 0 Å². The molecule has 0 bridgehead atoms. The van der Waals surface area contributed by atoms with E-state index in [1.54, 1.807) is 13.1 Å². The molecule has 0 aromatic carbocycles. The van der Waals surface area contributed by atoms with Gasteiger partial charge >= 0.3 is 0 Å². The standard InChI is InChI=1S/C12H22BrN3O2S/c1-6-14-11(9(4)19(5,17)18)12-10(13)7-15-16(12)8(2)3/h7-9,11,14H,6H2,1-5H3. The van der Waals surface area contributed by atoms with Crippen LogP contribution in [0, 0.1) is 0 Å². The summed E-state index contributed by atoms with van der Waals surface area (Å²) >= 11 is 3.47. The van der Waals surface area contributed by atoms with Crippen LogP contribution in [0.25, 0.3) is 0 Å². The van der Waals surface area contributed by atoms with E-state index < -0.39 is 15.1 Å². The van der Waals surface area contributed by atoms with Gasteiger partial charge in [-0.05, 0) is 43.2 Å². The van der Waals surface area contributed by atoms with Gasteiger partial charge in [-0.2, -0.15) is 5.10 Å². The van der Waals surface area contributed by atoms with Crippen LogP contribution in [0.2, 0.25) is 0 Å². The van der Waals surface area contributed by atoms with Gasteiger partial charge in [-0.3, -0.25) is 4.68 Å². The number of halogens is 1. The van der Waals surface area contributed by atoms with Crippen LogP contribution in [-0.4, -0.2) is 36.2 Å². The van der Waals surface area contributed by atoms with Gasteiger partial charge in [0, 0.05) is 12.3 Å². The van der Waals surface area contributed by atoms with Crippen LogP contribution in [0.1, 0.15) is 45.5 Å². The topological polar surface area (TPSA) is 64.0 Å². The van der Waals surface area contributed by atoms with E-state index in [9.17, 15) is 8.42 Å². The maximum atomic E-state index is 11.9.